The lowest BCUT2D eigenvalue weighted by Crippen LogP contribution is -2.62. The first-order chi connectivity index (χ1) is 13.4. The van der Waals surface area contributed by atoms with E-state index in [1.807, 2.05) is 6.92 Å². The van der Waals surface area contributed by atoms with Crippen LogP contribution in [0.1, 0.15) is 46.5 Å². The number of amides is 1. The highest BCUT2D eigenvalue weighted by molar-refractivity contribution is 5.79. The largest absolute Gasteiger partial charge is 0.390 e. The predicted molar refractivity (Wildman–Crippen MR) is 104 cm³/mol. The molecule has 1 saturated heterocycles. The summed E-state index contributed by atoms with van der Waals surface area (Å²) in [5, 5.41) is 57.1. The monoisotopic (exact) mass is 419 g/mol. The minimum absolute atomic E-state index is 0.119. The average Bonchev–Trinajstić information content (AvgIpc) is 3.15. The Morgan fingerprint density at radius 3 is 2.45 bits per heavy atom. The number of aliphatic hydroxyl groups is 5. The fourth-order valence-corrected chi connectivity index (χ4v) is 4.74. The van der Waals surface area contributed by atoms with E-state index in [0.717, 1.165) is 12.8 Å². The summed E-state index contributed by atoms with van der Waals surface area (Å²) in [6, 6.07) is 0. The SMILES string of the molecule is COCC(C)C(O)C(O)C(C(C)(O)COC1(O)CCCC1C)C1(O)CNC(=O)C1. The number of carbonyl (C=O) groups excluding carboxylic acids is 1. The first kappa shape index (κ1) is 24.5. The molecule has 0 bridgehead atoms. The molecule has 1 aliphatic heterocycles. The molecule has 29 heavy (non-hydrogen) atoms. The highest BCUT2D eigenvalue weighted by Gasteiger charge is 2.56. The van der Waals surface area contributed by atoms with E-state index in [-0.39, 0.29) is 32.1 Å². The van der Waals surface area contributed by atoms with Gasteiger partial charge in [0.05, 0.1) is 43.0 Å². The summed E-state index contributed by atoms with van der Waals surface area (Å²) in [7, 11) is 1.47. The van der Waals surface area contributed by atoms with E-state index < -0.39 is 46.9 Å². The third-order valence-corrected chi connectivity index (χ3v) is 6.57. The van der Waals surface area contributed by atoms with Crippen LogP contribution in [0.2, 0.25) is 0 Å². The maximum atomic E-state index is 11.8. The Bertz CT molecular complexity index is 573. The minimum Gasteiger partial charge on any atom is -0.390 e. The fraction of sp³-hybridized carbons (Fsp3) is 0.950. The van der Waals surface area contributed by atoms with Crippen LogP contribution in [0.5, 0.6) is 0 Å². The van der Waals surface area contributed by atoms with Gasteiger partial charge in [0.2, 0.25) is 5.91 Å². The number of hydrogen-bond donors (Lipinski definition) is 6. The van der Waals surface area contributed by atoms with Crippen LogP contribution in [0.15, 0.2) is 0 Å². The van der Waals surface area contributed by atoms with Crippen molar-refractivity contribution in [3.8, 4) is 0 Å². The Morgan fingerprint density at radius 1 is 1.31 bits per heavy atom. The minimum atomic E-state index is -1.84. The smallest absolute Gasteiger partial charge is 0.223 e. The molecule has 0 aromatic rings. The van der Waals surface area contributed by atoms with Gasteiger partial charge in [-0.3, -0.25) is 4.79 Å². The van der Waals surface area contributed by atoms with Crippen LogP contribution in [0, 0.1) is 17.8 Å². The van der Waals surface area contributed by atoms with Crippen molar-refractivity contribution >= 4 is 5.91 Å². The maximum Gasteiger partial charge on any atom is 0.223 e. The molecule has 9 nitrogen and oxygen atoms in total. The second-order valence-electron chi connectivity index (χ2n) is 9.23. The van der Waals surface area contributed by atoms with Crippen LogP contribution in [-0.4, -0.2) is 87.5 Å². The maximum absolute atomic E-state index is 11.8. The molecule has 6 N–H and O–H groups in total. The van der Waals surface area contributed by atoms with Gasteiger partial charge in [-0.15, -0.1) is 0 Å². The molecule has 170 valence electrons. The molecule has 0 spiro atoms. The number of hydrogen-bond acceptors (Lipinski definition) is 8. The molecule has 1 saturated carbocycles. The topological polar surface area (TPSA) is 149 Å². The van der Waals surface area contributed by atoms with Gasteiger partial charge in [-0.05, 0) is 19.8 Å². The number of nitrogens with one attached hydrogen (secondary N) is 1. The van der Waals surface area contributed by atoms with Gasteiger partial charge < -0.3 is 40.3 Å². The number of ether oxygens (including phenoxy) is 2. The molecule has 8 unspecified atom stereocenters. The third kappa shape index (κ3) is 5.28. The average molecular weight is 420 g/mol. The molecular formula is C20H37NO8. The zero-order valence-electron chi connectivity index (χ0n) is 17.8. The molecular weight excluding hydrogens is 382 g/mol. The van der Waals surface area contributed by atoms with E-state index in [4.69, 9.17) is 9.47 Å². The van der Waals surface area contributed by atoms with E-state index in [9.17, 15) is 30.3 Å². The van der Waals surface area contributed by atoms with Gasteiger partial charge in [0, 0.05) is 37.8 Å². The van der Waals surface area contributed by atoms with Gasteiger partial charge in [-0.1, -0.05) is 13.8 Å². The Hall–Kier alpha value is -0.810. The molecule has 8 atom stereocenters. The second kappa shape index (κ2) is 9.13. The van der Waals surface area contributed by atoms with Crippen LogP contribution in [0.4, 0.5) is 0 Å². The van der Waals surface area contributed by atoms with E-state index in [2.05, 4.69) is 5.32 Å². The first-order valence-corrected chi connectivity index (χ1v) is 10.3. The summed E-state index contributed by atoms with van der Waals surface area (Å²) in [4.78, 5) is 11.8. The summed E-state index contributed by atoms with van der Waals surface area (Å²) in [6.07, 6.45) is -1.19. The van der Waals surface area contributed by atoms with Crippen molar-refractivity contribution in [2.75, 3.05) is 26.9 Å². The van der Waals surface area contributed by atoms with Gasteiger partial charge in [0.1, 0.15) is 0 Å². The number of rotatable bonds is 10. The van der Waals surface area contributed by atoms with Crippen LogP contribution in [0.25, 0.3) is 0 Å². The third-order valence-electron chi connectivity index (χ3n) is 6.57. The van der Waals surface area contributed by atoms with Crippen LogP contribution >= 0.6 is 0 Å². The lowest BCUT2D eigenvalue weighted by Gasteiger charge is -2.46. The highest BCUT2D eigenvalue weighted by Crippen LogP contribution is 2.41. The van der Waals surface area contributed by atoms with Crippen molar-refractivity contribution in [1.82, 2.24) is 5.32 Å². The lowest BCUT2D eigenvalue weighted by atomic mass is 9.69. The van der Waals surface area contributed by atoms with E-state index in [1.54, 1.807) is 6.92 Å². The number of aliphatic hydroxyl groups excluding tert-OH is 2. The number of carbonyl (C=O) groups is 1. The van der Waals surface area contributed by atoms with Crippen molar-refractivity contribution in [3.63, 3.8) is 0 Å². The van der Waals surface area contributed by atoms with Crippen molar-refractivity contribution < 1.29 is 39.8 Å². The molecule has 1 aliphatic carbocycles. The van der Waals surface area contributed by atoms with Gasteiger partial charge >= 0.3 is 0 Å². The quantitative estimate of drug-likeness (QED) is 0.250. The van der Waals surface area contributed by atoms with Gasteiger partial charge in [0.25, 0.3) is 0 Å². The predicted octanol–water partition coefficient (Wildman–Crippen LogP) is -0.866. The summed E-state index contributed by atoms with van der Waals surface area (Å²) in [5.41, 5.74) is -3.63. The molecule has 1 heterocycles. The molecule has 0 aromatic heterocycles. The molecule has 2 rings (SSSR count). The van der Waals surface area contributed by atoms with Crippen LogP contribution in [0.3, 0.4) is 0 Å². The number of methoxy groups -OCH3 is 1. The molecule has 0 aromatic carbocycles. The highest BCUT2D eigenvalue weighted by atomic mass is 16.6. The summed E-state index contributed by atoms with van der Waals surface area (Å²) in [5.74, 6) is -3.73. The summed E-state index contributed by atoms with van der Waals surface area (Å²) < 4.78 is 10.7. The molecule has 1 amide bonds. The van der Waals surface area contributed by atoms with Gasteiger partial charge in [-0.2, -0.15) is 0 Å². The van der Waals surface area contributed by atoms with Gasteiger partial charge in [-0.25, -0.2) is 0 Å². The van der Waals surface area contributed by atoms with Crippen molar-refractivity contribution in [2.45, 2.75) is 75.7 Å². The fourth-order valence-electron chi connectivity index (χ4n) is 4.74. The number of β-amino-alcohol motifs (C(OH)–C–C–N with tert-alkyl or cyclic N) is 1. The standard InChI is InChI=1S/C20H37NO8/c1-12(9-28-4)15(23)16(24)17(19(26)8-14(22)21-10-19)18(3,25)11-29-20(27)7-5-6-13(20)2/h12-13,15-17,23-27H,5-11H2,1-4H3,(H,21,22). The summed E-state index contributed by atoms with van der Waals surface area (Å²) in [6.45, 7) is 4.52. The van der Waals surface area contributed by atoms with Crippen molar-refractivity contribution in [2.24, 2.45) is 17.8 Å². The van der Waals surface area contributed by atoms with E-state index in [0.29, 0.717) is 6.42 Å². The first-order valence-electron chi connectivity index (χ1n) is 10.3. The second-order valence-corrected chi connectivity index (χ2v) is 9.23. The zero-order valence-corrected chi connectivity index (χ0v) is 17.8. The Kier molecular flexibility index (Phi) is 7.70. The zero-order chi connectivity index (χ0) is 22.0. The lowest BCUT2D eigenvalue weighted by molar-refractivity contribution is -0.266. The molecule has 9 heteroatoms. The Balaban J connectivity index is 2.26. The van der Waals surface area contributed by atoms with Crippen molar-refractivity contribution in [1.29, 1.82) is 0 Å². The molecule has 2 fully saturated rings. The Labute approximate surface area is 172 Å². The summed E-state index contributed by atoms with van der Waals surface area (Å²) >= 11 is 0. The Morgan fingerprint density at radius 2 is 1.97 bits per heavy atom. The van der Waals surface area contributed by atoms with Gasteiger partial charge in [0.15, 0.2) is 5.79 Å². The van der Waals surface area contributed by atoms with Crippen LogP contribution < -0.4 is 5.32 Å². The molecule has 0 radical (unpaired) electrons. The van der Waals surface area contributed by atoms with E-state index >= 15 is 0 Å². The van der Waals surface area contributed by atoms with Crippen molar-refractivity contribution in [3.05, 3.63) is 0 Å². The van der Waals surface area contributed by atoms with Crippen LogP contribution in [-0.2, 0) is 14.3 Å². The molecule has 2 aliphatic rings. The normalized spacial score (nSPS) is 36.3. The van der Waals surface area contributed by atoms with E-state index in [1.165, 1.54) is 14.0 Å².